The van der Waals surface area contributed by atoms with Crippen LogP contribution in [0.15, 0.2) is 57.9 Å². The number of benzene rings is 2. The van der Waals surface area contributed by atoms with Crippen molar-refractivity contribution >= 4 is 37.5 Å². The average Bonchev–Trinajstić information content (AvgIpc) is 2.51. The average molecular weight is 397 g/mol. The van der Waals surface area contributed by atoms with Crippen molar-refractivity contribution < 1.29 is 22.7 Å². The zero-order valence-corrected chi connectivity index (χ0v) is 14.6. The number of hydrogen-bond donors (Lipinski definition) is 0. The summed E-state index contributed by atoms with van der Waals surface area (Å²) < 4.78 is 29.0. The van der Waals surface area contributed by atoms with Crippen LogP contribution in [0.4, 0.5) is 0 Å². The number of rotatable bonds is 5. The van der Waals surface area contributed by atoms with E-state index in [1.54, 1.807) is 24.3 Å². The summed E-state index contributed by atoms with van der Waals surface area (Å²) in [5.41, 5.74) is 0.306. The number of ether oxygens (including phenoxy) is 1. The Hall–Kier alpha value is -1.99. The summed E-state index contributed by atoms with van der Waals surface area (Å²) in [7, 11) is -3.57. The third-order valence-corrected chi connectivity index (χ3v) is 4.64. The molecule has 0 aliphatic rings. The van der Waals surface area contributed by atoms with Gasteiger partial charge in [-0.1, -0.05) is 40.2 Å². The van der Waals surface area contributed by atoms with E-state index in [-0.39, 0.29) is 16.2 Å². The van der Waals surface area contributed by atoms with Crippen molar-refractivity contribution in [1.29, 1.82) is 0 Å². The van der Waals surface area contributed by atoms with Gasteiger partial charge in [0.05, 0.1) is 10.5 Å². The van der Waals surface area contributed by atoms with Gasteiger partial charge in [-0.25, -0.2) is 13.2 Å². The molecule has 0 N–H and O–H groups in total. The highest BCUT2D eigenvalue weighted by atomic mass is 79.9. The smallest absolute Gasteiger partial charge is 0.339 e. The molecule has 2 aromatic carbocycles. The molecule has 0 spiro atoms. The van der Waals surface area contributed by atoms with Crippen LogP contribution < -0.4 is 0 Å². The Kier molecular flexibility index (Phi) is 5.33. The summed E-state index contributed by atoms with van der Waals surface area (Å²) in [5.74, 6) is -1.23. The fourth-order valence-corrected chi connectivity index (χ4v) is 3.19. The lowest BCUT2D eigenvalue weighted by Crippen LogP contribution is -2.16. The van der Waals surface area contributed by atoms with Gasteiger partial charge in [-0.3, -0.25) is 4.79 Å². The molecule has 0 amide bonds. The summed E-state index contributed by atoms with van der Waals surface area (Å²) in [6, 6.07) is 12.4. The van der Waals surface area contributed by atoms with Crippen molar-refractivity contribution in [3.63, 3.8) is 0 Å². The highest BCUT2D eigenvalue weighted by Gasteiger charge is 2.20. The van der Waals surface area contributed by atoms with Gasteiger partial charge in [0.1, 0.15) is 0 Å². The van der Waals surface area contributed by atoms with Crippen molar-refractivity contribution in [2.45, 2.75) is 4.90 Å². The minimum absolute atomic E-state index is 0.0861. The van der Waals surface area contributed by atoms with Crippen LogP contribution in [0.2, 0.25) is 0 Å². The van der Waals surface area contributed by atoms with Gasteiger partial charge in [-0.15, -0.1) is 0 Å². The first kappa shape index (κ1) is 17.4. The Morgan fingerprint density at radius 3 is 2.43 bits per heavy atom. The minimum atomic E-state index is -3.57. The molecule has 2 aromatic rings. The maximum Gasteiger partial charge on any atom is 0.339 e. The number of esters is 1. The molecule has 0 aliphatic heterocycles. The molecule has 0 saturated carbocycles. The van der Waals surface area contributed by atoms with E-state index >= 15 is 0 Å². The van der Waals surface area contributed by atoms with Gasteiger partial charge in [-0.2, -0.15) is 0 Å². The van der Waals surface area contributed by atoms with Crippen LogP contribution in [0.25, 0.3) is 0 Å². The molecule has 0 heterocycles. The molecule has 0 unspecified atom stereocenters. The maximum absolute atomic E-state index is 12.1. The van der Waals surface area contributed by atoms with E-state index < -0.39 is 22.4 Å². The Morgan fingerprint density at radius 1 is 1.09 bits per heavy atom. The predicted octanol–water partition coefficient (Wildman–Crippen LogP) is 2.89. The van der Waals surface area contributed by atoms with Gasteiger partial charge < -0.3 is 4.74 Å². The number of carbonyl (C=O) groups is 2. The number of sulfone groups is 1. The molecule has 0 aliphatic carbocycles. The number of ketones is 1. The summed E-state index contributed by atoms with van der Waals surface area (Å²) in [5, 5.41) is 0. The van der Waals surface area contributed by atoms with Gasteiger partial charge >= 0.3 is 5.97 Å². The third kappa shape index (κ3) is 4.49. The summed E-state index contributed by atoms with van der Waals surface area (Å²) in [6.07, 6.45) is 1.01. The van der Waals surface area contributed by atoms with Crippen molar-refractivity contribution in [2.75, 3.05) is 12.9 Å². The van der Waals surface area contributed by atoms with Crippen molar-refractivity contribution in [3.8, 4) is 0 Å². The second-order valence-electron chi connectivity index (χ2n) is 4.78. The van der Waals surface area contributed by atoms with Crippen LogP contribution in [-0.2, 0) is 14.6 Å². The molecule has 120 valence electrons. The first-order valence-electron chi connectivity index (χ1n) is 6.54. The highest BCUT2D eigenvalue weighted by molar-refractivity contribution is 9.10. The number of carbonyl (C=O) groups excluding carboxylic acids is 2. The lowest BCUT2D eigenvalue weighted by Gasteiger charge is -2.08. The fourth-order valence-electron chi connectivity index (χ4n) is 1.91. The summed E-state index contributed by atoms with van der Waals surface area (Å²) in [4.78, 5) is 23.9. The summed E-state index contributed by atoms with van der Waals surface area (Å²) in [6.45, 7) is -0.465. The maximum atomic E-state index is 12.1. The third-order valence-electron chi connectivity index (χ3n) is 2.99. The molecule has 0 fully saturated rings. The highest BCUT2D eigenvalue weighted by Crippen LogP contribution is 2.17. The van der Waals surface area contributed by atoms with Crippen molar-refractivity contribution in [1.82, 2.24) is 0 Å². The molecule has 0 radical (unpaired) electrons. The first-order chi connectivity index (χ1) is 10.8. The molecule has 23 heavy (non-hydrogen) atoms. The first-order valence-corrected chi connectivity index (χ1v) is 9.22. The topological polar surface area (TPSA) is 77.5 Å². The van der Waals surface area contributed by atoms with Gasteiger partial charge in [0.25, 0.3) is 0 Å². The molecule has 0 bridgehead atoms. The SMILES string of the molecule is CS(=O)(=O)c1ccccc1C(=O)OCC(=O)c1cccc(Br)c1. The van der Waals surface area contributed by atoms with E-state index in [1.807, 2.05) is 0 Å². The molecule has 7 heteroatoms. The van der Waals surface area contributed by atoms with E-state index in [1.165, 1.54) is 24.3 Å². The van der Waals surface area contributed by atoms with Crippen LogP contribution >= 0.6 is 15.9 Å². The van der Waals surface area contributed by atoms with Crippen LogP contribution in [0.3, 0.4) is 0 Å². The zero-order chi connectivity index (χ0) is 17.0. The summed E-state index contributed by atoms with van der Waals surface area (Å²) >= 11 is 3.25. The van der Waals surface area contributed by atoms with Gasteiger partial charge in [0, 0.05) is 16.3 Å². The molecule has 0 aromatic heterocycles. The monoisotopic (exact) mass is 396 g/mol. The predicted molar refractivity (Wildman–Crippen MR) is 88.3 cm³/mol. The minimum Gasteiger partial charge on any atom is -0.454 e. The molecular formula is C16H13BrO5S. The number of Topliss-reactive ketones (excluding diaryl/α,β-unsaturated/α-hetero) is 1. The van der Waals surface area contributed by atoms with Crippen LogP contribution in [0.5, 0.6) is 0 Å². The van der Waals surface area contributed by atoms with E-state index in [0.29, 0.717) is 5.56 Å². The quantitative estimate of drug-likeness (QED) is 0.573. The zero-order valence-electron chi connectivity index (χ0n) is 12.2. The molecule has 0 atom stereocenters. The number of halogens is 1. The molecule has 5 nitrogen and oxygen atoms in total. The van der Waals surface area contributed by atoms with E-state index in [2.05, 4.69) is 15.9 Å². The van der Waals surface area contributed by atoms with Gasteiger partial charge in [0.15, 0.2) is 22.2 Å². The largest absolute Gasteiger partial charge is 0.454 e. The standard InChI is InChI=1S/C16H13BrO5S/c1-23(20,21)15-8-3-2-7-13(15)16(19)22-10-14(18)11-5-4-6-12(17)9-11/h2-9H,10H2,1H3. The van der Waals surface area contributed by atoms with Crippen LogP contribution in [-0.4, -0.2) is 33.0 Å². The van der Waals surface area contributed by atoms with E-state index in [9.17, 15) is 18.0 Å². The van der Waals surface area contributed by atoms with Gasteiger partial charge in [0.2, 0.25) is 0 Å². The van der Waals surface area contributed by atoms with Crippen molar-refractivity contribution in [2.24, 2.45) is 0 Å². The Balaban J connectivity index is 2.13. The van der Waals surface area contributed by atoms with Crippen LogP contribution in [0.1, 0.15) is 20.7 Å². The lowest BCUT2D eigenvalue weighted by atomic mass is 10.1. The van der Waals surface area contributed by atoms with Crippen molar-refractivity contribution in [3.05, 3.63) is 64.1 Å². The van der Waals surface area contributed by atoms with Crippen LogP contribution in [0, 0.1) is 0 Å². The second-order valence-corrected chi connectivity index (χ2v) is 7.68. The second kappa shape index (κ2) is 7.06. The number of hydrogen-bond acceptors (Lipinski definition) is 5. The molecular weight excluding hydrogens is 384 g/mol. The molecule has 0 saturated heterocycles. The lowest BCUT2D eigenvalue weighted by molar-refractivity contribution is 0.0471. The van der Waals surface area contributed by atoms with E-state index in [4.69, 9.17) is 4.74 Å². The fraction of sp³-hybridized carbons (Fsp3) is 0.125. The molecule has 2 rings (SSSR count). The Morgan fingerprint density at radius 2 is 1.78 bits per heavy atom. The van der Waals surface area contributed by atoms with E-state index in [0.717, 1.165) is 10.7 Å². The Bertz CT molecular complexity index is 858. The Labute approximate surface area is 142 Å². The normalized spacial score (nSPS) is 11.0. The van der Waals surface area contributed by atoms with Gasteiger partial charge in [-0.05, 0) is 24.3 Å².